The number of carboxylic acids is 1. The molecule has 0 aromatic rings. The highest BCUT2D eigenvalue weighted by molar-refractivity contribution is 5.68. The summed E-state index contributed by atoms with van der Waals surface area (Å²) in [7, 11) is 0. The van der Waals surface area contributed by atoms with E-state index < -0.39 is 5.97 Å². The Morgan fingerprint density at radius 1 is 0.923 bits per heavy atom. The zero-order valence-corrected chi connectivity index (χ0v) is 8.30. The molecule has 0 saturated heterocycles. The number of nitrogens with two attached hydrogens (primary N) is 1. The highest BCUT2D eigenvalue weighted by Gasteiger charge is 1.81. The van der Waals surface area contributed by atoms with Gasteiger partial charge >= 0.3 is 5.97 Å². The highest BCUT2D eigenvalue weighted by Crippen LogP contribution is 1.43. The molecule has 0 aliphatic carbocycles. The van der Waals surface area contributed by atoms with E-state index >= 15 is 0 Å². The summed E-state index contributed by atoms with van der Waals surface area (Å²) in [6.45, 7) is 23.7. The molecule has 0 radical (unpaired) electrons. The lowest BCUT2D eigenvalue weighted by atomic mass is 10.7. The van der Waals surface area contributed by atoms with E-state index in [0.717, 1.165) is 0 Å². The van der Waals surface area contributed by atoms with Crippen LogP contribution in [0.4, 0.5) is 0 Å². The van der Waals surface area contributed by atoms with Crippen molar-refractivity contribution in [2.75, 3.05) is 6.54 Å². The van der Waals surface area contributed by atoms with Gasteiger partial charge in [0.15, 0.2) is 0 Å². The first-order valence-electron chi connectivity index (χ1n) is 3.19. The van der Waals surface area contributed by atoms with Crippen molar-refractivity contribution < 1.29 is 9.90 Å². The van der Waals surface area contributed by atoms with E-state index in [1.807, 2.05) is 0 Å². The van der Waals surface area contributed by atoms with Crippen LogP contribution in [0.1, 0.15) is 0 Å². The van der Waals surface area contributed by atoms with E-state index in [1.165, 1.54) is 0 Å². The fraction of sp³-hybridized carbons (Fsp3) is 0.100. The molecule has 0 aliphatic rings. The Morgan fingerprint density at radius 2 is 1.00 bits per heavy atom. The Labute approximate surface area is 81.6 Å². The summed E-state index contributed by atoms with van der Waals surface area (Å²) >= 11 is 0. The van der Waals surface area contributed by atoms with Crippen molar-refractivity contribution in [3.63, 3.8) is 0 Å². The smallest absolute Gasteiger partial charge is 0.317 e. The molecule has 0 bridgehead atoms. The Bertz CT molecular complexity index is 77.0. The van der Waals surface area contributed by atoms with Gasteiger partial charge in [0.2, 0.25) is 0 Å². The molecule has 13 heavy (non-hydrogen) atoms. The third kappa shape index (κ3) is 4810. The molecule has 0 unspecified atom stereocenters. The molecule has 0 rings (SSSR count). The highest BCUT2D eigenvalue weighted by atomic mass is 16.4. The SMILES string of the molecule is C=C.C=C.C=C.C=C.NCC(=O)O. The van der Waals surface area contributed by atoms with Crippen molar-refractivity contribution in [3.05, 3.63) is 52.6 Å². The molecule has 0 spiro atoms. The van der Waals surface area contributed by atoms with Crippen LogP contribution in [0.25, 0.3) is 0 Å². The quantitative estimate of drug-likeness (QED) is 0.619. The molecule has 0 amide bonds. The first-order chi connectivity index (χ1) is 6.27. The molecule has 0 fully saturated rings. The predicted molar refractivity (Wildman–Crippen MR) is 61.7 cm³/mol. The molecule has 0 heterocycles. The van der Waals surface area contributed by atoms with E-state index in [2.05, 4.69) is 58.4 Å². The fourth-order valence-corrected chi connectivity index (χ4v) is 0. The minimum atomic E-state index is -0.968. The lowest BCUT2D eigenvalue weighted by Gasteiger charge is -1.73. The van der Waals surface area contributed by atoms with Crippen molar-refractivity contribution in [3.8, 4) is 0 Å². The number of hydrogen-bond donors (Lipinski definition) is 2. The third-order valence-electron chi connectivity index (χ3n) is 0.175. The average molecular weight is 187 g/mol. The van der Waals surface area contributed by atoms with Crippen LogP contribution in [-0.4, -0.2) is 17.6 Å². The van der Waals surface area contributed by atoms with E-state index in [4.69, 9.17) is 5.11 Å². The minimum absolute atomic E-state index is 0.278. The van der Waals surface area contributed by atoms with Gasteiger partial charge in [0.05, 0.1) is 6.54 Å². The standard InChI is InChI=1S/C2H5NO2.4C2H4/c3-1-2(4)5;4*1-2/h1,3H2,(H,4,5);4*1-2H2. The largest absolute Gasteiger partial charge is 0.480 e. The number of aliphatic carboxylic acids is 1. The van der Waals surface area contributed by atoms with E-state index in [-0.39, 0.29) is 6.54 Å². The summed E-state index contributed by atoms with van der Waals surface area (Å²) in [5.74, 6) is -0.968. The molecule has 0 aromatic heterocycles. The summed E-state index contributed by atoms with van der Waals surface area (Å²) in [6.07, 6.45) is 0. The van der Waals surface area contributed by atoms with Gasteiger partial charge < -0.3 is 10.8 Å². The van der Waals surface area contributed by atoms with Crippen LogP contribution in [0.5, 0.6) is 0 Å². The van der Waals surface area contributed by atoms with Crippen LogP contribution in [0, 0.1) is 0 Å². The Balaban J connectivity index is -0.0000000230. The van der Waals surface area contributed by atoms with Crippen LogP contribution >= 0.6 is 0 Å². The zero-order valence-electron chi connectivity index (χ0n) is 8.30. The molecule has 3 nitrogen and oxygen atoms in total. The second-order valence-electron chi connectivity index (χ2n) is 0.598. The van der Waals surface area contributed by atoms with Gasteiger partial charge in [0.1, 0.15) is 0 Å². The molecule has 0 saturated carbocycles. The molecule has 3 heteroatoms. The van der Waals surface area contributed by atoms with Crippen LogP contribution < -0.4 is 5.73 Å². The molecule has 0 aromatic carbocycles. The summed E-state index contributed by atoms with van der Waals surface area (Å²) in [5, 5.41) is 7.60. The second kappa shape index (κ2) is 160. The van der Waals surface area contributed by atoms with Gasteiger partial charge in [0.25, 0.3) is 0 Å². The fourth-order valence-electron chi connectivity index (χ4n) is 0. The monoisotopic (exact) mass is 187 g/mol. The molecule has 78 valence electrons. The summed E-state index contributed by atoms with van der Waals surface area (Å²) < 4.78 is 0. The van der Waals surface area contributed by atoms with Gasteiger partial charge in [-0.2, -0.15) is 0 Å². The normalized spacial score (nSPS) is 4.08. The average Bonchev–Trinajstić information content (AvgIpc) is 2.29. The lowest BCUT2D eigenvalue weighted by molar-refractivity contribution is -0.135. The first-order valence-corrected chi connectivity index (χ1v) is 3.19. The van der Waals surface area contributed by atoms with Crippen molar-refractivity contribution in [2.45, 2.75) is 0 Å². The van der Waals surface area contributed by atoms with Crippen molar-refractivity contribution in [1.82, 2.24) is 0 Å². The van der Waals surface area contributed by atoms with Crippen LogP contribution in [0.2, 0.25) is 0 Å². The maximum Gasteiger partial charge on any atom is 0.317 e. The topological polar surface area (TPSA) is 63.3 Å². The number of carbonyl (C=O) groups is 1. The third-order valence-corrected chi connectivity index (χ3v) is 0.175. The van der Waals surface area contributed by atoms with Gasteiger partial charge in [-0.3, -0.25) is 4.79 Å². The summed E-state index contributed by atoms with van der Waals surface area (Å²) in [5.41, 5.74) is 4.57. The molecular weight excluding hydrogens is 166 g/mol. The predicted octanol–water partition coefficient (Wildman–Crippen LogP) is 2.24. The van der Waals surface area contributed by atoms with Crippen molar-refractivity contribution in [2.24, 2.45) is 5.73 Å². The van der Waals surface area contributed by atoms with Crippen LogP contribution in [-0.2, 0) is 4.79 Å². The van der Waals surface area contributed by atoms with E-state index in [1.54, 1.807) is 0 Å². The number of carboxylic acid groups (broad SMARTS) is 1. The summed E-state index contributed by atoms with van der Waals surface area (Å²) in [6, 6.07) is 0. The van der Waals surface area contributed by atoms with E-state index in [0.29, 0.717) is 0 Å². The van der Waals surface area contributed by atoms with Gasteiger partial charge in [-0.1, -0.05) is 0 Å². The van der Waals surface area contributed by atoms with Gasteiger partial charge in [0, 0.05) is 0 Å². The maximum atomic E-state index is 9.24. The molecule has 0 atom stereocenters. The minimum Gasteiger partial charge on any atom is -0.480 e. The molecule has 0 aliphatic heterocycles. The zero-order chi connectivity index (χ0) is 12.3. The summed E-state index contributed by atoms with van der Waals surface area (Å²) in [4.78, 5) is 9.24. The van der Waals surface area contributed by atoms with Crippen molar-refractivity contribution >= 4 is 5.97 Å². The molecular formula is C10H21NO2. The van der Waals surface area contributed by atoms with Crippen LogP contribution in [0.15, 0.2) is 52.6 Å². The second-order valence-corrected chi connectivity index (χ2v) is 0.598. The van der Waals surface area contributed by atoms with Gasteiger partial charge in [-0.15, -0.1) is 52.6 Å². The Morgan fingerprint density at radius 3 is 1.00 bits per heavy atom. The van der Waals surface area contributed by atoms with Gasteiger partial charge in [-0.05, 0) is 0 Å². The Hall–Kier alpha value is -1.61. The Kier molecular flexibility index (Phi) is 372. The molecule has 3 N–H and O–H groups in total. The number of rotatable bonds is 1. The first kappa shape index (κ1) is 30.1. The van der Waals surface area contributed by atoms with Crippen LogP contribution in [0.3, 0.4) is 0 Å². The number of hydrogen-bond acceptors (Lipinski definition) is 2. The lowest BCUT2D eigenvalue weighted by Crippen LogP contribution is -2.10. The van der Waals surface area contributed by atoms with Crippen molar-refractivity contribution in [1.29, 1.82) is 0 Å². The van der Waals surface area contributed by atoms with E-state index in [9.17, 15) is 4.79 Å². The maximum absolute atomic E-state index is 9.24. The van der Waals surface area contributed by atoms with Gasteiger partial charge in [-0.25, -0.2) is 0 Å².